The number of benzene rings is 1. The SMILES string of the molecule is Cc1ccccc1Cn1c(C(=O)N2CCN(C(=O)C(C)(C)C)[C@H](C)C2)cc2ccoc21. The molecule has 1 saturated heterocycles. The zero-order chi connectivity index (χ0) is 22.3. The van der Waals surface area contributed by atoms with Crippen molar-refractivity contribution in [2.75, 3.05) is 19.6 Å². The molecular formula is C25H31N3O3. The molecule has 31 heavy (non-hydrogen) atoms. The first-order chi connectivity index (χ1) is 14.7. The predicted molar refractivity (Wildman–Crippen MR) is 121 cm³/mol. The number of furan rings is 1. The zero-order valence-electron chi connectivity index (χ0n) is 19.0. The molecule has 3 heterocycles. The molecule has 6 nitrogen and oxygen atoms in total. The van der Waals surface area contributed by atoms with E-state index in [1.54, 1.807) is 6.26 Å². The fourth-order valence-corrected chi connectivity index (χ4v) is 4.30. The van der Waals surface area contributed by atoms with Gasteiger partial charge in [-0.15, -0.1) is 0 Å². The molecule has 3 aromatic rings. The van der Waals surface area contributed by atoms with E-state index in [1.807, 2.05) is 66.3 Å². The summed E-state index contributed by atoms with van der Waals surface area (Å²) in [6.07, 6.45) is 1.66. The molecule has 0 unspecified atom stereocenters. The summed E-state index contributed by atoms with van der Waals surface area (Å²) in [5.74, 6) is 0.113. The highest BCUT2D eigenvalue weighted by molar-refractivity contribution is 5.98. The summed E-state index contributed by atoms with van der Waals surface area (Å²) >= 11 is 0. The number of aromatic nitrogens is 1. The van der Waals surface area contributed by atoms with E-state index < -0.39 is 5.41 Å². The highest BCUT2D eigenvalue weighted by atomic mass is 16.3. The lowest BCUT2D eigenvalue weighted by Gasteiger charge is -2.42. The standard InChI is InChI=1S/C25H31N3O3/c1-17-8-6-7-9-20(17)16-28-21(14-19-10-13-31-23(19)28)22(29)26-11-12-27(18(2)15-26)24(30)25(3,4)5/h6-10,13-14,18H,11-12,15-16H2,1-5H3/t18-/m1/s1. The Morgan fingerprint density at radius 3 is 2.55 bits per heavy atom. The van der Waals surface area contributed by atoms with E-state index in [4.69, 9.17) is 4.42 Å². The van der Waals surface area contributed by atoms with Crippen molar-refractivity contribution >= 4 is 22.9 Å². The fraction of sp³-hybridized carbons (Fsp3) is 0.440. The van der Waals surface area contributed by atoms with E-state index in [9.17, 15) is 9.59 Å². The van der Waals surface area contributed by atoms with Gasteiger partial charge in [0.2, 0.25) is 11.6 Å². The van der Waals surface area contributed by atoms with Crippen molar-refractivity contribution in [2.45, 2.75) is 47.2 Å². The van der Waals surface area contributed by atoms with Crippen molar-refractivity contribution in [1.29, 1.82) is 0 Å². The quantitative estimate of drug-likeness (QED) is 0.633. The van der Waals surface area contributed by atoms with Crippen LogP contribution in [0.4, 0.5) is 0 Å². The minimum Gasteiger partial charge on any atom is -0.448 e. The molecule has 1 atom stereocenters. The molecule has 1 aliphatic rings. The molecule has 164 valence electrons. The van der Waals surface area contributed by atoms with Gasteiger partial charge in [0.25, 0.3) is 5.91 Å². The molecule has 0 radical (unpaired) electrons. The second kappa shape index (κ2) is 7.91. The van der Waals surface area contributed by atoms with Crippen LogP contribution in [0.3, 0.4) is 0 Å². The second-order valence-electron chi connectivity index (χ2n) is 9.57. The lowest BCUT2D eigenvalue weighted by atomic mass is 9.93. The summed E-state index contributed by atoms with van der Waals surface area (Å²) < 4.78 is 7.70. The van der Waals surface area contributed by atoms with Crippen LogP contribution in [0.5, 0.6) is 0 Å². The first-order valence-corrected chi connectivity index (χ1v) is 10.9. The van der Waals surface area contributed by atoms with E-state index in [1.165, 1.54) is 5.56 Å². The number of carbonyl (C=O) groups excluding carboxylic acids is 2. The number of carbonyl (C=O) groups is 2. The molecule has 2 aromatic heterocycles. The molecule has 2 amide bonds. The van der Waals surface area contributed by atoms with Crippen LogP contribution >= 0.6 is 0 Å². The molecule has 1 fully saturated rings. The van der Waals surface area contributed by atoms with E-state index in [0.29, 0.717) is 37.6 Å². The van der Waals surface area contributed by atoms with Gasteiger partial charge in [0, 0.05) is 36.5 Å². The normalized spacial score (nSPS) is 17.4. The van der Waals surface area contributed by atoms with Gasteiger partial charge in [-0.2, -0.15) is 0 Å². The average molecular weight is 422 g/mol. The molecule has 0 bridgehead atoms. The van der Waals surface area contributed by atoms with Gasteiger partial charge in [-0.1, -0.05) is 45.0 Å². The number of rotatable bonds is 3. The van der Waals surface area contributed by atoms with Crippen LogP contribution in [0.1, 0.15) is 49.3 Å². The Hall–Kier alpha value is -3.02. The Kier molecular flexibility index (Phi) is 5.42. The van der Waals surface area contributed by atoms with Gasteiger partial charge in [-0.25, -0.2) is 0 Å². The van der Waals surface area contributed by atoms with E-state index in [2.05, 4.69) is 19.1 Å². The Balaban J connectivity index is 1.60. The zero-order valence-corrected chi connectivity index (χ0v) is 19.0. The van der Waals surface area contributed by atoms with Crippen LogP contribution in [-0.4, -0.2) is 51.9 Å². The van der Waals surface area contributed by atoms with Crippen LogP contribution in [0.25, 0.3) is 11.1 Å². The van der Waals surface area contributed by atoms with Crippen LogP contribution in [-0.2, 0) is 11.3 Å². The molecule has 0 N–H and O–H groups in total. The number of fused-ring (bicyclic) bond motifs is 1. The number of hydrogen-bond acceptors (Lipinski definition) is 3. The third kappa shape index (κ3) is 3.99. The molecule has 1 aromatic carbocycles. The van der Waals surface area contributed by atoms with Crippen LogP contribution < -0.4 is 0 Å². The van der Waals surface area contributed by atoms with Crippen molar-refractivity contribution in [1.82, 2.24) is 14.4 Å². The third-order valence-corrected chi connectivity index (χ3v) is 6.13. The van der Waals surface area contributed by atoms with Crippen LogP contribution in [0.2, 0.25) is 0 Å². The van der Waals surface area contributed by atoms with Gasteiger partial charge in [0.1, 0.15) is 5.69 Å². The Morgan fingerprint density at radius 2 is 1.87 bits per heavy atom. The molecule has 1 aliphatic heterocycles. The van der Waals surface area contributed by atoms with Crippen LogP contribution in [0, 0.1) is 12.3 Å². The number of aryl methyl sites for hydroxylation is 1. The Bertz CT molecular complexity index is 1120. The van der Waals surface area contributed by atoms with Gasteiger partial charge in [0.05, 0.1) is 12.8 Å². The fourth-order valence-electron chi connectivity index (χ4n) is 4.30. The summed E-state index contributed by atoms with van der Waals surface area (Å²) in [6.45, 7) is 12.1. The van der Waals surface area contributed by atoms with Crippen molar-refractivity contribution in [3.8, 4) is 0 Å². The Morgan fingerprint density at radius 1 is 1.13 bits per heavy atom. The van der Waals surface area contributed by atoms with Gasteiger partial charge >= 0.3 is 0 Å². The summed E-state index contributed by atoms with van der Waals surface area (Å²) in [7, 11) is 0. The monoisotopic (exact) mass is 421 g/mol. The highest BCUT2D eigenvalue weighted by Crippen LogP contribution is 2.26. The smallest absolute Gasteiger partial charge is 0.270 e. The van der Waals surface area contributed by atoms with Crippen molar-refractivity contribution < 1.29 is 14.0 Å². The van der Waals surface area contributed by atoms with Crippen molar-refractivity contribution in [3.05, 3.63) is 59.5 Å². The number of hydrogen-bond donors (Lipinski definition) is 0. The van der Waals surface area contributed by atoms with E-state index >= 15 is 0 Å². The number of nitrogens with zero attached hydrogens (tertiary/aromatic N) is 3. The molecule has 0 spiro atoms. The minimum atomic E-state index is -0.423. The maximum absolute atomic E-state index is 13.5. The molecule has 6 heteroatoms. The first kappa shape index (κ1) is 21.2. The number of amides is 2. The first-order valence-electron chi connectivity index (χ1n) is 10.9. The molecular weight excluding hydrogens is 390 g/mol. The maximum Gasteiger partial charge on any atom is 0.270 e. The third-order valence-electron chi connectivity index (χ3n) is 6.13. The average Bonchev–Trinajstić information content (AvgIpc) is 3.30. The molecule has 0 saturated carbocycles. The van der Waals surface area contributed by atoms with Gasteiger partial charge in [-0.3, -0.25) is 9.59 Å². The van der Waals surface area contributed by atoms with E-state index in [0.717, 1.165) is 10.9 Å². The topological polar surface area (TPSA) is 58.7 Å². The van der Waals surface area contributed by atoms with Crippen LogP contribution in [0.15, 0.2) is 47.1 Å². The Labute approximate surface area is 183 Å². The predicted octanol–water partition coefficient (Wildman–Crippen LogP) is 4.31. The maximum atomic E-state index is 13.5. The lowest BCUT2D eigenvalue weighted by Crippen LogP contribution is -2.57. The molecule has 4 rings (SSSR count). The second-order valence-corrected chi connectivity index (χ2v) is 9.57. The van der Waals surface area contributed by atoms with Gasteiger partial charge in [-0.05, 0) is 37.1 Å². The summed E-state index contributed by atoms with van der Waals surface area (Å²) in [4.78, 5) is 30.1. The van der Waals surface area contributed by atoms with Crippen molar-refractivity contribution in [3.63, 3.8) is 0 Å². The van der Waals surface area contributed by atoms with E-state index in [-0.39, 0.29) is 17.9 Å². The van der Waals surface area contributed by atoms with Crippen molar-refractivity contribution in [2.24, 2.45) is 5.41 Å². The van der Waals surface area contributed by atoms with Gasteiger partial charge in [0.15, 0.2) is 0 Å². The largest absolute Gasteiger partial charge is 0.448 e. The summed E-state index contributed by atoms with van der Waals surface area (Å²) in [5, 5.41) is 0.923. The summed E-state index contributed by atoms with van der Waals surface area (Å²) in [6, 6.07) is 12.0. The highest BCUT2D eigenvalue weighted by Gasteiger charge is 2.35. The molecule has 0 aliphatic carbocycles. The summed E-state index contributed by atoms with van der Waals surface area (Å²) in [5.41, 5.74) is 3.24. The number of piperazine rings is 1. The minimum absolute atomic E-state index is 0.0188. The van der Waals surface area contributed by atoms with Gasteiger partial charge < -0.3 is 18.8 Å². The lowest BCUT2D eigenvalue weighted by molar-refractivity contribution is -0.143.